The summed E-state index contributed by atoms with van der Waals surface area (Å²) >= 11 is 2.11. The molecule has 1 N–H and O–H groups in total. The van der Waals surface area contributed by atoms with Gasteiger partial charge in [0.05, 0.1) is 5.56 Å². The second kappa shape index (κ2) is 7.36. The highest BCUT2D eigenvalue weighted by Gasteiger charge is 2.35. The Labute approximate surface area is 155 Å². The number of benzene rings is 1. The molecular weight excluding hydrogens is 417 g/mol. The fourth-order valence-electron chi connectivity index (χ4n) is 2.80. The second-order valence-corrected chi connectivity index (χ2v) is 6.96. The molecule has 1 unspecified atom stereocenters. The second-order valence-electron chi connectivity index (χ2n) is 5.97. The van der Waals surface area contributed by atoms with Crippen molar-refractivity contribution in [3.05, 3.63) is 35.5 Å². The Hall–Kier alpha value is -1.94. The summed E-state index contributed by atoms with van der Waals surface area (Å²) < 4.78 is 44.9. The molecule has 140 valence electrons. The van der Waals surface area contributed by atoms with Crippen LogP contribution < -0.4 is 5.32 Å². The van der Waals surface area contributed by atoms with Crippen molar-refractivity contribution in [3.63, 3.8) is 0 Å². The minimum absolute atomic E-state index is 0.0255. The number of alkyl halides is 3. The van der Waals surface area contributed by atoms with Crippen molar-refractivity contribution in [2.45, 2.75) is 24.2 Å². The smallest absolute Gasteiger partial charge is 0.348 e. The van der Waals surface area contributed by atoms with E-state index in [1.807, 2.05) is 6.92 Å². The lowest BCUT2D eigenvalue weighted by atomic mass is 10.1. The van der Waals surface area contributed by atoms with Crippen LogP contribution in [0.5, 0.6) is 0 Å². The summed E-state index contributed by atoms with van der Waals surface area (Å²) in [5.41, 5.74) is 0.00191. The van der Waals surface area contributed by atoms with E-state index in [2.05, 4.69) is 40.8 Å². The van der Waals surface area contributed by atoms with Gasteiger partial charge in [0, 0.05) is 40.6 Å². The van der Waals surface area contributed by atoms with Gasteiger partial charge in [0.2, 0.25) is 5.82 Å². The largest absolute Gasteiger partial charge is 0.378 e. The van der Waals surface area contributed by atoms with Gasteiger partial charge >= 0.3 is 10.7 Å². The lowest BCUT2D eigenvalue weighted by Gasteiger charge is -2.15. The number of hydrogen-bond donors (Lipinski definition) is 1. The SMILES string of the molecule is CCN1CCC(NC(=O)c2ccc(-c3noc(C(F)(F)Br)n3)cc2F)C1. The predicted molar refractivity (Wildman–Crippen MR) is 90.5 cm³/mol. The van der Waals surface area contributed by atoms with Crippen LogP contribution >= 0.6 is 15.9 Å². The Balaban J connectivity index is 1.73. The van der Waals surface area contributed by atoms with Crippen molar-refractivity contribution in [1.82, 2.24) is 20.4 Å². The summed E-state index contributed by atoms with van der Waals surface area (Å²) in [6.07, 6.45) is 0.811. The molecule has 3 rings (SSSR count). The Morgan fingerprint density at radius 1 is 1.50 bits per heavy atom. The maximum Gasteiger partial charge on any atom is 0.378 e. The zero-order chi connectivity index (χ0) is 18.9. The number of nitrogens with zero attached hydrogens (tertiary/aromatic N) is 3. The third-order valence-electron chi connectivity index (χ3n) is 4.20. The number of carbonyl (C=O) groups excluding carboxylic acids is 1. The topological polar surface area (TPSA) is 71.3 Å². The zero-order valence-corrected chi connectivity index (χ0v) is 15.4. The van der Waals surface area contributed by atoms with E-state index in [-0.39, 0.29) is 23.0 Å². The maximum absolute atomic E-state index is 14.3. The quantitative estimate of drug-likeness (QED) is 0.734. The number of halogens is 4. The fraction of sp³-hybridized carbons (Fsp3) is 0.438. The summed E-state index contributed by atoms with van der Waals surface area (Å²) in [5.74, 6) is -2.43. The van der Waals surface area contributed by atoms with Gasteiger partial charge in [-0.3, -0.25) is 4.79 Å². The third-order valence-corrected chi connectivity index (χ3v) is 4.53. The minimum atomic E-state index is -3.47. The van der Waals surface area contributed by atoms with Crippen LogP contribution in [0.15, 0.2) is 22.7 Å². The fourth-order valence-corrected chi connectivity index (χ4v) is 2.96. The molecule has 10 heteroatoms. The lowest BCUT2D eigenvalue weighted by Crippen LogP contribution is -2.37. The van der Waals surface area contributed by atoms with Crippen LogP contribution in [0.2, 0.25) is 0 Å². The van der Waals surface area contributed by atoms with Crippen LogP contribution in [0.3, 0.4) is 0 Å². The van der Waals surface area contributed by atoms with E-state index in [0.717, 1.165) is 32.1 Å². The Morgan fingerprint density at radius 3 is 2.85 bits per heavy atom. The first-order valence-electron chi connectivity index (χ1n) is 8.02. The Kier molecular flexibility index (Phi) is 5.33. The molecule has 26 heavy (non-hydrogen) atoms. The minimum Gasteiger partial charge on any atom is -0.348 e. The van der Waals surface area contributed by atoms with E-state index in [9.17, 15) is 18.0 Å². The monoisotopic (exact) mass is 432 g/mol. The predicted octanol–water partition coefficient (Wildman–Crippen LogP) is 3.14. The van der Waals surface area contributed by atoms with Crippen LogP contribution in [-0.2, 0) is 4.83 Å². The van der Waals surface area contributed by atoms with E-state index < -0.39 is 22.4 Å². The van der Waals surface area contributed by atoms with Crippen molar-refractivity contribution in [2.75, 3.05) is 19.6 Å². The van der Waals surface area contributed by atoms with Gasteiger partial charge in [-0.15, -0.1) is 0 Å². The molecule has 2 aromatic rings. The van der Waals surface area contributed by atoms with E-state index in [1.165, 1.54) is 12.1 Å². The molecule has 6 nitrogen and oxygen atoms in total. The van der Waals surface area contributed by atoms with Crippen molar-refractivity contribution in [2.24, 2.45) is 0 Å². The van der Waals surface area contributed by atoms with Crippen molar-refractivity contribution in [1.29, 1.82) is 0 Å². The van der Waals surface area contributed by atoms with Gasteiger partial charge in [0.15, 0.2) is 0 Å². The number of nitrogens with one attached hydrogen (secondary N) is 1. The Bertz CT molecular complexity index is 809. The van der Waals surface area contributed by atoms with Crippen molar-refractivity contribution < 1.29 is 22.5 Å². The lowest BCUT2D eigenvalue weighted by molar-refractivity contribution is 0.0725. The highest BCUT2D eigenvalue weighted by Crippen LogP contribution is 2.34. The summed E-state index contributed by atoms with van der Waals surface area (Å²) in [5, 5.41) is 6.21. The highest BCUT2D eigenvalue weighted by atomic mass is 79.9. The van der Waals surface area contributed by atoms with E-state index in [0.29, 0.717) is 0 Å². The average Bonchev–Trinajstić information content (AvgIpc) is 3.23. The number of carbonyl (C=O) groups is 1. The molecule has 1 aliphatic heterocycles. The molecular formula is C16H16BrF3N4O2. The molecule has 0 radical (unpaired) electrons. The van der Waals surface area contributed by atoms with Gasteiger partial charge in [-0.05, 0) is 25.1 Å². The van der Waals surface area contributed by atoms with Crippen LogP contribution in [0.1, 0.15) is 29.6 Å². The van der Waals surface area contributed by atoms with Gasteiger partial charge in [0.1, 0.15) is 5.82 Å². The molecule has 1 saturated heterocycles. The van der Waals surface area contributed by atoms with E-state index >= 15 is 0 Å². The van der Waals surface area contributed by atoms with Crippen LogP contribution in [-0.4, -0.2) is 46.6 Å². The normalized spacial score (nSPS) is 18.3. The number of rotatable bonds is 5. The average molecular weight is 433 g/mol. The number of likely N-dealkylation sites (N-methyl/N-ethyl adjacent to an activating group) is 1. The first-order valence-corrected chi connectivity index (χ1v) is 8.81. The summed E-state index contributed by atoms with van der Waals surface area (Å²) in [6, 6.07) is 3.64. The summed E-state index contributed by atoms with van der Waals surface area (Å²) in [6.45, 7) is 4.56. The molecule has 0 spiro atoms. The molecule has 1 amide bonds. The number of likely N-dealkylation sites (tertiary alicyclic amines) is 1. The van der Waals surface area contributed by atoms with Crippen molar-refractivity contribution >= 4 is 21.8 Å². The number of amides is 1. The molecule has 0 saturated carbocycles. The number of hydrogen-bond acceptors (Lipinski definition) is 5. The summed E-state index contributed by atoms with van der Waals surface area (Å²) in [4.78, 5) is 14.5. The van der Waals surface area contributed by atoms with Gasteiger partial charge in [-0.1, -0.05) is 18.1 Å². The third kappa shape index (κ3) is 4.07. The van der Waals surface area contributed by atoms with Crippen LogP contribution in [0.4, 0.5) is 13.2 Å². The first kappa shape index (κ1) is 18.8. The Morgan fingerprint density at radius 2 is 2.27 bits per heavy atom. The first-order chi connectivity index (χ1) is 12.3. The molecule has 0 aliphatic carbocycles. The molecule has 1 aromatic carbocycles. The number of aromatic nitrogens is 2. The maximum atomic E-state index is 14.3. The molecule has 2 heterocycles. The molecule has 1 fully saturated rings. The van der Waals surface area contributed by atoms with E-state index in [1.54, 1.807) is 0 Å². The van der Waals surface area contributed by atoms with Crippen LogP contribution in [0.25, 0.3) is 11.4 Å². The van der Waals surface area contributed by atoms with E-state index in [4.69, 9.17) is 0 Å². The molecule has 1 atom stereocenters. The van der Waals surface area contributed by atoms with Gasteiger partial charge in [0.25, 0.3) is 5.91 Å². The van der Waals surface area contributed by atoms with Gasteiger partial charge < -0.3 is 14.7 Å². The molecule has 1 aromatic heterocycles. The van der Waals surface area contributed by atoms with Crippen molar-refractivity contribution in [3.8, 4) is 11.4 Å². The molecule has 0 bridgehead atoms. The van der Waals surface area contributed by atoms with Gasteiger partial charge in [-0.2, -0.15) is 13.8 Å². The molecule has 1 aliphatic rings. The summed E-state index contributed by atoms with van der Waals surface area (Å²) in [7, 11) is 0. The highest BCUT2D eigenvalue weighted by molar-refractivity contribution is 9.09. The zero-order valence-electron chi connectivity index (χ0n) is 13.8. The standard InChI is InChI=1S/C16H16BrF3N4O2/c1-2-24-6-5-10(8-24)21-14(25)11-4-3-9(7-12(11)18)13-22-15(26-23-13)16(17,19)20/h3-4,7,10H,2,5-6,8H2,1H3,(H,21,25). The van der Waals surface area contributed by atoms with Crippen LogP contribution in [0, 0.1) is 5.82 Å². The van der Waals surface area contributed by atoms with Gasteiger partial charge in [-0.25, -0.2) is 4.39 Å².